The fourth-order valence-electron chi connectivity index (χ4n) is 2.86. The first-order valence-corrected chi connectivity index (χ1v) is 11.4. The van der Waals surface area contributed by atoms with Crippen LogP contribution in [0.4, 0.5) is 10.1 Å². The number of nitrogens with one attached hydrogen (secondary N) is 3. The van der Waals surface area contributed by atoms with Crippen molar-refractivity contribution in [1.29, 1.82) is 0 Å². The smallest absolute Gasteiger partial charge is 0.329 e. The van der Waals surface area contributed by atoms with E-state index in [1.165, 1.54) is 18.3 Å². The lowest BCUT2D eigenvalue weighted by atomic mass is 10.2. The van der Waals surface area contributed by atoms with E-state index in [0.29, 0.717) is 21.5 Å². The molecule has 0 spiro atoms. The van der Waals surface area contributed by atoms with Gasteiger partial charge in [0.05, 0.1) is 19.0 Å². The van der Waals surface area contributed by atoms with E-state index in [0.717, 1.165) is 5.56 Å². The van der Waals surface area contributed by atoms with Crippen LogP contribution in [0.1, 0.15) is 11.1 Å². The minimum absolute atomic E-state index is 0.0228. The number of carbonyl (C=O) groups excluding carboxylic acids is 3. The molecule has 3 aromatic rings. The Hall–Kier alpha value is -4.25. The van der Waals surface area contributed by atoms with Gasteiger partial charge in [-0.05, 0) is 48.0 Å². The Balaban J connectivity index is 1.49. The summed E-state index contributed by atoms with van der Waals surface area (Å²) in [5, 5.41) is 8.70. The number of para-hydroxylation sites is 1. The van der Waals surface area contributed by atoms with E-state index < -0.39 is 23.5 Å². The number of ether oxygens (including phenoxy) is 2. The van der Waals surface area contributed by atoms with Crippen molar-refractivity contribution >= 4 is 45.6 Å². The molecular weight excluding hydrogens is 535 g/mol. The van der Waals surface area contributed by atoms with Crippen molar-refractivity contribution in [2.24, 2.45) is 5.10 Å². The third kappa shape index (κ3) is 7.91. The summed E-state index contributed by atoms with van der Waals surface area (Å²) in [6, 6.07) is 17.9. The largest absolute Gasteiger partial charge is 0.497 e. The summed E-state index contributed by atoms with van der Waals surface area (Å²) in [6.07, 6.45) is 1.27. The Kier molecular flexibility index (Phi) is 9.52. The van der Waals surface area contributed by atoms with E-state index >= 15 is 0 Å². The summed E-state index contributed by atoms with van der Waals surface area (Å²) in [5.74, 6) is -1.98. The number of carbonyl (C=O) groups is 3. The highest BCUT2D eigenvalue weighted by Crippen LogP contribution is 2.20. The second-order valence-electron chi connectivity index (χ2n) is 7.23. The monoisotopic (exact) mass is 556 g/mol. The maximum absolute atomic E-state index is 13.9. The van der Waals surface area contributed by atoms with Crippen molar-refractivity contribution in [3.05, 3.63) is 88.1 Å². The number of hydrogen-bond acceptors (Lipinski definition) is 6. The number of hydrazone groups is 1. The molecule has 11 heteroatoms. The summed E-state index contributed by atoms with van der Waals surface area (Å²) in [7, 11) is 1.55. The first kappa shape index (κ1) is 26.4. The van der Waals surface area contributed by atoms with Gasteiger partial charge in [-0.2, -0.15) is 5.10 Å². The molecular formula is C25H22BrFN4O5. The lowest BCUT2D eigenvalue weighted by molar-refractivity contribution is -0.139. The average Bonchev–Trinajstić information content (AvgIpc) is 2.88. The zero-order chi connectivity index (χ0) is 25.9. The maximum Gasteiger partial charge on any atom is 0.329 e. The normalized spacial score (nSPS) is 10.5. The SMILES string of the molecule is COc1ccc(CNC(=O)C(=O)N/N=C\c2ccccc2OCC(=O)Nc2ccc(Br)cc2F)cc1. The third-order valence-corrected chi connectivity index (χ3v) is 5.16. The van der Waals surface area contributed by atoms with Gasteiger partial charge in [-0.1, -0.05) is 40.2 Å². The van der Waals surface area contributed by atoms with Crippen LogP contribution in [0.5, 0.6) is 11.5 Å². The lowest BCUT2D eigenvalue weighted by Gasteiger charge is -2.10. The Morgan fingerprint density at radius 1 is 1.03 bits per heavy atom. The molecule has 0 radical (unpaired) electrons. The average molecular weight is 557 g/mol. The van der Waals surface area contributed by atoms with E-state index in [2.05, 4.69) is 37.1 Å². The molecule has 186 valence electrons. The van der Waals surface area contributed by atoms with E-state index in [1.807, 2.05) is 0 Å². The van der Waals surface area contributed by atoms with Crippen molar-refractivity contribution < 1.29 is 28.2 Å². The zero-order valence-electron chi connectivity index (χ0n) is 19.1. The first-order chi connectivity index (χ1) is 17.4. The van der Waals surface area contributed by atoms with Crippen LogP contribution >= 0.6 is 15.9 Å². The fourth-order valence-corrected chi connectivity index (χ4v) is 3.19. The van der Waals surface area contributed by atoms with Gasteiger partial charge >= 0.3 is 11.8 Å². The molecule has 9 nitrogen and oxygen atoms in total. The van der Waals surface area contributed by atoms with Crippen LogP contribution in [0.2, 0.25) is 0 Å². The zero-order valence-corrected chi connectivity index (χ0v) is 20.7. The van der Waals surface area contributed by atoms with Gasteiger partial charge in [0.15, 0.2) is 6.61 Å². The van der Waals surface area contributed by atoms with Crippen molar-refractivity contribution in [2.45, 2.75) is 6.54 Å². The van der Waals surface area contributed by atoms with Crippen molar-refractivity contribution in [3.63, 3.8) is 0 Å². The van der Waals surface area contributed by atoms with Gasteiger partial charge in [0.25, 0.3) is 5.91 Å². The number of methoxy groups -OCH3 is 1. The van der Waals surface area contributed by atoms with Crippen LogP contribution in [0.15, 0.2) is 76.3 Å². The van der Waals surface area contributed by atoms with Gasteiger partial charge in [0, 0.05) is 16.6 Å². The van der Waals surface area contributed by atoms with Crippen LogP contribution in [0.25, 0.3) is 0 Å². The number of hydrogen-bond donors (Lipinski definition) is 3. The highest BCUT2D eigenvalue weighted by Gasteiger charge is 2.13. The predicted octanol–water partition coefficient (Wildman–Crippen LogP) is 3.38. The molecule has 0 saturated carbocycles. The molecule has 0 bridgehead atoms. The Morgan fingerprint density at radius 3 is 2.50 bits per heavy atom. The van der Waals surface area contributed by atoms with Crippen LogP contribution in [-0.4, -0.2) is 37.7 Å². The molecule has 0 heterocycles. The second-order valence-corrected chi connectivity index (χ2v) is 8.14. The van der Waals surface area contributed by atoms with Crippen molar-refractivity contribution in [1.82, 2.24) is 10.7 Å². The molecule has 3 rings (SSSR count). The highest BCUT2D eigenvalue weighted by molar-refractivity contribution is 9.10. The second kappa shape index (κ2) is 13.0. The molecule has 0 fully saturated rings. The molecule has 0 aliphatic heterocycles. The topological polar surface area (TPSA) is 118 Å². The van der Waals surface area contributed by atoms with Crippen LogP contribution < -0.4 is 25.5 Å². The van der Waals surface area contributed by atoms with E-state index in [9.17, 15) is 18.8 Å². The fraction of sp³-hybridized carbons (Fsp3) is 0.120. The summed E-state index contributed by atoms with van der Waals surface area (Å²) in [4.78, 5) is 36.2. The van der Waals surface area contributed by atoms with Crippen LogP contribution in [0.3, 0.4) is 0 Å². The van der Waals surface area contributed by atoms with Gasteiger partial charge < -0.3 is 20.1 Å². The molecule has 3 amide bonds. The molecule has 0 aliphatic carbocycles. The van der Waals surface area contributed by atoms with Gasteiger partial charge in [0.1, 0.15) is 17.3 Å². The van der Waals surface area contributed by atoms with Gasteiger partial charge in [-0.3, -0.25) is 14.4 Å². The minimum Gasteiger partial charge on any atom is -0.497 e. The Labute approximate surface area is 214 Å². The molecule has 0 atom stereocenters. The minimum atomic E-state index is -0.950. The molecule has 0 unspecified atom stereocenters. The molecule has 0 aromatic heterocycles. The van der Waals surface area contributed by atoms with Crippen LogP contribution in [-0.2, 0) is 20.9 Å². The number of amides is 3. The number of rotatable bonds is 9. The quantitative estimate of drug-likeness (QED) is 0.212. The highest BCUT2D eigenvalue weighted by atomic mass is 79.9. The summed E-state index contributed by atoms with van der Waals surface area (Å²) in [5.41, 5.74) is 3.40. The maximum atomic E-state index is 13.9. The van der Waals surface area contributed by atoms with Gasteiger partial charge in [0.2, 0.25) is 0 Å². The number of nitrogens with zero attached hydrogens (tertiary/aromatic N) is 1. The van der Waals surface area contributed by atoms with Gasteiger partial charge in [-0.15, -0.1) is 0 Å². The molecule has 0 saturated heterocycles. The predicted molar refractivity (Wildman–Crippen MR) is 135 cm³/mol. The van der Waals surface area contributed by atoms with E-state index in [4.69, 9.17) is 9.47 Å². The summed E-state index contributed by atoms with van der Waals surface area (Å²) in [6.45, 7) is -0.233. The number of benzene rings is 3. The van der Waals surface area contributed by atoms with Crippen LogP contribution in [0, 0.1) is 5.82 Å². The lowest BCUT2D eigenvalue weighted by Crippen LogP contribution is -2.37. The first-order valence-electron chi connectivity index (χ1n) is 10.6. The number of anilines is 1. The summed E-state index contributed by atoms with van der Waals surface area (Å²) >= 11 is 3.15. The van der Waals surface area contributed by atoms with Crippen molar-refractivity contribution in [3.8, 4) is 11.5 Å². The molecule has 3 N–H and O–H groups in total. The van der Waals surface area contributed by atoms with Gasteiger partial charge in [-0.25, -0.2) is 9.82 Å². The third-order valence-electron chi connectivity index (χ3n) is 4.67. The number of halogens is 2. The van der Waals surface area contributed by atoms with E-state index in [1.54, 1.807) is 61.7 Å². The Morgan fingerprint density at radius 2 is 1.78 bits per heavy atom. The molecule has 36 heavy (non-hydrogen) atoms. The molecule has 0 aliphatic rings. The van der Waals surface area contributed by atoms with Crippen molar-refractivity contribution in [2.75, 3.05) is 19.0 Å². The van der Waals surface area contributed by atoms with E-state index in [-0.39, 0.29) is 18.8 Å². The summed E-state index contributed by atoms with van der Waals surface area (Å²) < 4.78 is 25.0. The standard InChI is InChI=1S/C25H22BrFN4O5/c1-35-19-9-6-16(7-10-19)13-28-24(33)25(34)31-29-14-17-4-2-3-5-22(17)36-15-23(32)30-21-11-8-18(26)12-20(21)27/h2-12,14H,13,15H2,1H3,(H,28,33)(H,30,32)(H,31,34)/b29-14-. The molecule has 3 aromatic carbocycles. The Bertz CT molecular complexity index is 1270.